The Bertz CT molecular complexity index is 807. The number of benzene rings is 2. The Balaban J connectivity index is 2.02. The minimum absolute atomic E-state index is 0.117. The molecule has 0 saturated carbocycles. The number of para-hydroxylation sites is 1. The molecule has 0 spiro atoms. The van der Waals surface area contributed by atoms with Gasteiger partial charge in [0, 0.05) is 17.5 Å². The number of ether oxygens (including phenoxy) is 1. The predicted octanol–water partition coefficient (Wildman–Crippen LogP) is 4.42. The van der Waals surface area contributed by atoms with E-state index in [1.165, 1.54) is 6.07 Å². The Kier molecular flexibility index (Phi) is 3.86. The maximum absolute atomic E-state index is 13.5. The Labute approximate surface area is 129 Å². The average molecular weight is 348 g/mol. The van der Waals surface area contributed by atoms with Crippen molar-refractivity contribution in [2.24, 2.45) is 0 Å². The number of nitrogens with zero attached hydrogens (tertiary/aromatic N) is 1. The SMILES string of the molecule is OCc1cc(Oc2ccc(Br)c(F)c2)nc2ccccc12. The molecule has 21 heavy (non-hydrogen) atoms. The summed E-state index contributed by atoms with van der Waals surface area (Å²) in [6, 6.07) is 13.6. The lowest BCUT2D eigenvalue weighted by atomic mass is 10.1. The van der Waals surface area contributed by atoms with Crippen molar-refractivity contribution in [3.05, 3.63) is 64.4 Å². The molecule has 0 atom stereocenters. The van der Waals surface area contributed by atoms with Gasteiger partial charge < -0.3 is 9.84 Å². The second kappa shape index (κ2) is 5.79. The van der Waals surface area contributed by atoms with E-state index in [9.17, 15) is 9.50 Å². The third kappa shape index (κ3) is 2.89. The van der Waals surface area contributed by atoms with Gasteiger partial charge in [-0.1, -0.05) is 18.2 Å². The largest absolute Gasteiger partial charge is 0.439 e. The van der Waals surface area contributed by atoms with Crippen molar-refractivity contribution in [3.8, 4) is 11.6 Å². The van der Waals surface area contributed by atoms with E-state index in [0.717, 1.165) is 10.9 Å². The molecule has 0 amide bonds. The lowest BCUT2D eigenvalue weighted by molar-refractivity contribution is 0.282. The summed E-state index contributed by atoms with van der Waals surface area (Å²) in [7, 11) is 0. The molecule has 0 bridgehead atoms. The van der Waals surface area contributed by atoms with Crippen molar-refractivity contribution in [1.82, 2.24) is 4.98 Å². The summed E-state index contributed by atoms with van der Waals surface area (Å²) in [5, 5.41) is 10.3. The Morgan fingerprint density at radius 2 is 1.95 bits per heavy atom. The topological polar surface area (TPSA) is 42.4 Å². The molecule has 0 radical (unpaired) electrons. The summed E-state index contributed by atoms with van der Waals surface area (Å²) in [6.07, 6.45) is 0. The number of pyridine rings is 1. The fourth-order valence-corrected chi connectivity index (χ4v) is 2.31. The highest BCUT2D eigenvalue weighted by Gasteiger charge is 2.08. The highest BCUT2D eigenvalue weighted by molar-refractivity contribution is 9.10. The van der Waals surface area contributed by atoms with Gasteiger partial charge in [0.15, 0.2) is 0 Å². The number of aromatic nitrogens is 1. The van der Waals surface area contributed by atoms with Crippen LogP contribution in [0, 0.1) is 5.82 Å². The van der Waals surface area contributed by atoms with E-state index in [1.807, 2.05) is 24.3 Å². The smallest absolute Gasteiger partial charge is 0.220 e. The quantitative estimate of drug-likeness (QED) is 0.762. The molecule has 0 fully saturated rings. The van der Waals surface area contributed by atoms with E-state index in [4.69, 9.17) is 4.74 Å². The first kappa shape index (κ1) is 14.0. The van der Waals surface area contributed by atoms with E-state index in [-0.39, 0.29) is 6.61 Å². The third-order valence-electron chi connectivity index (χ3n) is 3.06. The van der Waals surface area contributed by atoms with E-state index < -0.39 is 5.82 Å². The standard InChI is InChI=1S/C16H11BrFNO2/c17-13-6-5-11(8-14(13)18)21-16-7-10(9-20)12-3-1-2-4-15(12)19-16/h1-8,20H,9H2. The molecule has 0 unspecified atom stereocenters. The minimum atomic E-state index is -0.407. The second-order valence-corrected chi connectivity index (χ2v) is 5.33. The Morgan fingerprint density at radius 1 is 1.14 bits per heavy atom. The van der Waals surface area contributed by atoms with Crippen molar-refractivity contribution in [1.29, 1.82) is 0 Å². The molecule has 106 valence electrons. The fraction of sp³-hybridized carbons (Fsp3) is 0.0625. The third-order valence-corrected chi connectivity index (χ3v) is 3.71. The fourth-order valence-electron chi connectivity index (χ4n) is 2.06. The van der Waals surface area contributed by atoms with Crippen LogP contribution in [0.5, 0.6) is 11.6 Å². The summed E-state index contributed by atoms with van der Waals surface area (Å²) in [6.45, 7) is -0.117. The molecule has 0 aliphatic heterocycles. The van der Waals surface area contributed by atoms with Crippen LogP contribution in [0.15, 0.2) is 53.0 Å². The van der Waals surface area contributed by atoms with Gasteiger partial charge in [-0.05, 0) is 39.7 Å². The number of rotatable bonds is 3. The van der Waals surface area contributed by atoms with Crippen molar-refractivity contribution in [3.63, 3.8) is 0 Å². The molecule has 2 aromatic carbocycles. The van der Waals surface area contributed by atoms with Crippen LogP contribution < -0.4 is 4.74 Å². The normalized spacial score (nSPS) is 10.8. The number of fused-ring (bicyclic) bond motifs is 1. The van der Waals surface area contributed by atoms with Gasteiger partial charge in [0.1, 0.15) is 11.6 Å². The molecule has 5 heteroatoms. The summed E-state index contributed by atoms with van der Waals surface area (Å²) >= 11 is 3.09. The predicted molar refractivity (Wildman–Crippen MR) is 81.8 cm³/mol. The van der Waals surface area contributed by atoms with Crippen molar-refractivity contribution in [2.45, 2.75) is 6.61 Å². The van der Waals surface area contributed by atoms with Gasteiger partial charge in [-0.15, -0.1) is 0 Å². The van der Waals surface area contributed by atoms with Crippen LogP contribution in [0.3, 0.4) is 0 Å². The molecule has 1 aromatic heterocycles. The minimum Gasteiger partial charge on any atom is -0.439 e. The van der Waals surface area contributed by atoms with E-state index in [0.29, 0.717) is 21.7 Å². The van der Waals surface area contributed by atoms with Gasteiger partial charge in [-0.3, -0.25) is 0 Å². The maximum atomic E-state index is 13.5. The monoisotopic (exact) mass is 347 g/mol. The van der Waals surface area contributed by atoms with E-state index >= 15 is 0 Å². The number of halogens is 2. The lowest BCUT2D eigenvalue weighted by Gasteiger charge is -2.09. The lowest BCUT2D eigenvalue weighted by Crippen LogP contribution is -1.94. The van der Waals surface area contributed by atoms with Gasteiger partial charge in [-0.25, -0.2) is 9.37 Å². The summed E-state index contributed by atoms with van der Waals surface area (Å²) in [5.74, 6) is 0.262. The summed E-state index contributed by atoms with van der Waals surface area (Å²) < 4.78 is 19.4. The molecular weight excluding hydrogens is 337 g/mol. The summed E-state index contributed by atoms with van der Waals surface area (Å²) in [5.41, 5.74) is 1.44. The zero-order valence-electron chi connectivity index (χ0n) is 10.9. The molecule has 1 N–H and O–H groups in total. The maximum Gasteiger partial charge on any atom is 0.220 e. The molecular formula is C16H11BrFNO2. The van der Waals surface area contributed by atoms with Crippen molar-refractivity contribution in [2.75, 3.05) is 0 Å². The van der Waals surface area contributed by atoms with Gasteiger partial charge in [0.25, 0.3) is 0 Å². The Hall–Kier alpha value is -1.98. The highest BCUT2D eigenvalue weighted by Crippen LogP contribution is 2.28. The number of hydrogen-bond donors (Lipinski definition) is 1. The van der Waals surface area contributed by atoms with E-state index in [2.05, 4.69) is 20.9 Å². The van der Waals surface area contributed by atoms with Gasteiger partial charge in [-0.2, -0.15) is 0 Å². The molecule has 0 saturated heterocycles. The van der Waals surface area contributed by atoms with Crippen molar-refractivity contribution < 1.29 is 14.2 Å². The molecule has 0 aliphatic rings. The number of aliphatic hydroxyl groups excluding tert-OH is 1. The molecule has 3 nitrogen and oxygen atoms in total. The first-order chi connectivity index (χ1) is 10.2. The first-order valence-corrected chi connectivity index (χ1v) is 7.09. The molecule has 0 aliphatic carbocycles. The Morgan fingerprint density at radius 3 is 2.71 bits per heavy atom. The van der Waals surface area contributed by atoms with Crippen molar-refractivity contribution >= 4 is 26.8 Å². The second-order valence-electron chi connectivity index (χ2n) is 4.47. The van der Waals surface area contributed by atoms with Gasteiger partial charge >= 0.3 is 0 Å². The zero-order valence-corrected chi connectivity index (χ0v) is 12.5. The van der Waals surface area contributed by atoms with Crippen LogP contribution in [-0.2, 0) is 6.61 Å². The summed E-state index contributed by atoms with van der Waals surface area (Å²) in [4.78, 5) is 4.36. The van der Waals surface area contributed by atoms with E-state index in [1.54, 1.807) is 18.2 Å². The number of hydrogen-bond acceptors (Lipinski definition) is 3. The van der Waals surface area contributed by atoms with Crippen LogP contribution in [0.1, 0.15) is 5.56 Å². The highest BCUT2D eigenvalue weighted by atomic mass is 79.9. The number of aliphatic hydroxyl groups is 1. The molecule has 3 aromatic rings. The van der Waals surface area contributed by atoms with Crippen LogP contribution in [-0.4, -0.2) is 10.1 Å². The van der Waals surface area contributed by atoms with Crippen LogP contribution in [0.4, 0.5) is 4.39 Å². The average Bonchev–Trinajstić information content (AvgIpc) is 2.50. The van der Waals surface area contributed by atoms with Gasteiger partial charge in [0.2, 0.25) is 5.88 Å². The molecule has 3 rings (SSSR count). The van der Waals surface area contributed by atoms with Crippen LogP contribution >= 0.6 is 15.9 Å². The van der Waals surface area contributed by atoms with Crippen LogP contribution in [0.25, 0.3) is 10.9 Å². The van der Waals surface area contributed by atoms with Crippen LogP contribution in [0.2, 0.25) is 0 Å². The molecule has 1 heterocycles. The van der Waals surface area contributed by atoms with Gasteiger partial charge in [0.05, 0.1) is 16.6 Å². The first-order valence-electron chi connectivity index (χ1n) is 6.30. The zero-order chi connectivity index (χ0) is 14.8.